The molecule has 1 unspecified atom stereocenters. The maximum absolute atomic E-state index is 11.8. The summed E-state index contributed by atoms with van der Waals surface area (Å²) in [5.74, 6) is 0. The van der Waals surface area contributed by atoms with Gasteiger partial charge >= 0.3 is 6.03 Å². The number of hydrogen-bond acceptors (Lipinski definition) is 3. The number of sulfonamides is 1. The smallest absolute Gasteiger partial charge is 0.315 e. The van der Waals surface area contributed by atoms with Crippen molar-refractivity contribution in [1.29, 1.82) is 0 Å². The highest BCUT2D eigenvalue weighted by Gasteiger charge is 2.26. The summed E-state index contributed by atoms with van der Waals surface area (Å²) in [5.41, 5.74) is 0.186. The van der Waals surface area contributed by atoms with Crippen LogP contribution in [0.4, 0.5) is 4.79 Å². The third-order valence-electron chi connectivity index (χ3n) is 3.35. The van der Waals surface area contributed by atoms with Gasteiger partial charge in [-0.25, -0.2) is 17.5 Å². The highest BCUT2D eigenvalue weighted by atomic mass is 32.2. The number of piperidine rings is 1. The Morgan fingerprint density at radius 1 is 1.35 bits per heavy atom. The summed E-state index contributed by atoms with van der Waals surface area (Å²) in [6.45, 7) is 7.90. The number of amides is 2. The second-order valence-electron chi connectivity index (χ2n) is 6.67. The topological polar surface area (TPSA) is 78.5 Å². The van der Waals surface area contributed by atoms with E-state index in [-0.39, 0.29) is 17.5 Å². The standard InChI is InChI=1S/C13H27N3O3S/c1-13(2,3)7-8-14-12(17)15-11-6-5-9-16(10-11)20(4,18)19/h11H,5-10H2,1-4H3,(H2,14,15,17). The Balaban J connectivity index is 2.35. The number of carbonyl (C=O) groups excluding carboxylic acids is 1. The molecule has 0 saturated carbocycles. The van der Waals surface area contributed by atoms with Crippen LogP contribution in [0, 0.1) is 5.41 Å². The first-order valence-electron chi connectivity index (χ1n) is 7.07. The van der Waals surface area contributed by atoms with Gasteiger partial charge in [0.15, 0.2) is 0 Å². The van der Waals surface area contributed by atoms with Gasteiger partial charge in [0, 0.05) is 25.7 Å². The van der Waals surface area contributed by atoms with Gasteiger partial charge in [-0.3, -0.25) is 0 Å². The number of rotatable bonds is 4. The normalized spacial score (nSPS) is 21.5. The number of nitrogens with zero attached hydrogens (tertiary/aromatic N) is 1. The lowest BCUT2D eigenvalue weighted by atomic mass is 9.92. The Morgan fingerprint density at radius 3 is 2.55 bits per heavy atom. The zero-order valence-corrected chi connectivity index (χ0v) is 13.7. The molecule has 2 N–H and O–H groups in total. The molecule has 0 aromatic carbocycles. The SMILES string of the molecule is CC(C)(C)CCNC(=O)NC1CCCN(S(C)(=O)=O)C1. The molecule has 0 aliphatic carbocycles. The van der Waals surface area contributed by atoms with E-state index in [4.69, 9.17) is 0 Å². The molecule has 1 saturated heterocycles. The molecule has 0 spiro atoms. The zero-order chi connectivity index (χ0) is 15.4. The zero-order valence-electron chi connectivity index (χ0n) is 12.9. The Bertz CT molecular complexity index is 429. The summed E-state index contributed by atoms with van der Waals surface area (Å²) in [6, 6.07) is -0.317. The maximum Gasteiger partial charge on any atom is 0.315 e. The quantitative estimate of drug-likeness (QED) is 0.817. The molecule has 0 aromatic rings. The van der Waals surface area contributed by atoms with Crippen molar-refractivity contribution in [2.24, 2.45) is 5.41 Å². The van der Waals surface area contributed by atoms with Crippen LogP contribution in [-0.2, 0) is 10.0 Å². The van der Waals surface area contributed by atoms with Crippen molar-refractivity contribution in [1.82, 2.24) is 14.9 Å². The van der Waals surface area contributed by atoms with Crippen LogP contribution < -0.4 is 10.6 Å². The molecule has 1 fully saturated rings. The van der Waals surface area contributed by atoms with Gasteiger partial charge in [0.2, 0.25) is 10.0 Å². The van der Waals surface area contributed by atoms with Gasteiger partial charge in [0.05, 0.1) is 6.26 Å². The van der Waals surface area contributed by atoms with Crippen LogP contribution in [0.2, 0.25) is 0 Å². The lowest BCUT2D eigenvalue weighted by molar-refractivity contribution is 0.224. The summed E-state index contributed by atoms with van der Waals surface area (Å²) < 4.78 is 24.4. The molecule has 20 heavy (non-hydrogen) atoms. The Hall–Kier alpha value is -0.820. The van der Waals surface area contributed by atoms with Gasteiger partial charge in [-0.05, 0) is 24.7 Å². The van der Waals surface area contributed by atoms with Gasteiger partial charge in [-0.1, -0.05) is 20.8 Å². The number of nitrogens with one attached hydrogen (secondary N) is 2. The summed E-state index contributed by atoms with van der Waals surface area (Å²) in [5, 5.41) is 5.67. The monoisotopic (exact) mass is 305 g/mol. The van der Waals surface area contributed by atoms with Crippen LogP contribution in [0.1, 0.15) is 40.0 Å². The first kappa shape index (κ1) is 17.2. The molecule has 2 amide bonds. The van der Waals surface area contributed by atoms with E-state index >= 15 is 0 Å². The van der Waals surface area contributed by atoms with Crippen LogP contribution in [0.5, 0.6) is 0 Å². The van der Waals surface area contributed by atoms with E-state index < -0.39 is 10.0 Å². The van der Waals surface area contributed by atoms with Crippen molar-refractivity contribution in [3.63, 3.8) is 0 Å². The highest BCUT2D eigenvalue weighted by Crippen LogP contribution is 2.17. The third kappa shape index (κ3) is 6.56. The minimum Gasteiger partial charge on any atom is -0.338 e. The van der Waals surface area contributed by atoms with E-state index in [1.54, 1.807) is 0 Å². The largest absolute Gasteiger partial charge is 0.338 e. The third-order valence-corrected chi connectivity index (χ3v) is 4.62. The number of urea groups is 1. The van der Waals surface area contributed by atoms with Crippen molar-refractivity contribution >= 4 is 16.1 Å². The van der Waals surface area contributed by atoms with Crippen molar-refractivity contribution in [3.05, 3.63) is 0 Å². The minimum absolute atomic E-state index is 0.104. The predicted molar refractivity (Wildman–Crippen MR) is 80.0 cm³/mol. The second-order valence-corrected chi connectivity index (χ2v) is 8.65. The van der Waals surface area contributed by atoms with Crippen LogP contribution in [0.3, 0.4) is 0 Å². The summed E-state index contributed by atoms with van der Waals surface area (Å²) in [7, 11) is -3.17. The molecule has 0 aromatic heterocycles. The molecule has 1 heterocycles. The first-order chi connectivity index (χ1) is 9.08. The molecule has 1 aliphatic rings. The fourth-order valence-corrected chi connectivity index (χ4v) is 3.06. The van der Waals surface area contributed by atoms with E-state index in [1.807, 2.05) is 0 Å². The number of hydrogen-bond donors (Lipinski definition) is 2. The Kier molecular flexibility index (Phi) is 5.82. The Labute approximate surface area is 122 Å². The van der Waals surface area contributed by atoms with Crippen LogP contribution in [0.25, 0.3) is 0 Å². The highest BCUT2D eigenvalue weighted by molar-refractivity contribution is 7.88. The van der Waals surface area contributed by atoms with Gasteiger partial charge in [0.25, 0.3) is 0 Å². The van der Waals surface area contributed by atoms with Gasteiger partial charge in [-0.15, -0.1) is 0 Å². The molecule has 0 bridgehead atoms. The first-order valence-corrected chi connectivity index (χ1v) is 8.92. The number of carbonyl (C=O) groups is 1. The summed E-state index contributed by atoms with van der Waals surface area (Å²) >= 11 is 0. The maximum atomic E-state index is 11.8. The molecule has 0 radical (unpaired) electrons. The van der Waals surface area contributed by atoms with Gasteiger partial charge in [0.1, 0.15) is 0 Å². The Morgan fingerprint density at radius 2 is 2.00 bits per heavy atom. The molecule has 6 nitrogen and oxygen atoms in total. The van der Waals surface area contributed by atoms with Crippen molar-refractivity contribution < 1.29 is 13.2 Å². The van der Waals surface area contributed by atoms with E-state index in [0.717, 1.165) is 19.3 Å². The lowest BCUT2D eigenvalue weighted by Crippen LogP contribution is -2.51. The minimum atomic E-state index is -3.17. The van der Waals surface area contributed by atoms with E-state index in [0.29, 0.717) is 19.6 Å². The summed E-state index contributed by atoms with van der Waals surface area (Å²) in [4.78, 5) is 11.8. The van der Waals surface area contributed by atoms with Crippen LogP contribution >= 0.6 is 0 Å². The molecular weight excluding hydrogens is 278 g/mol. The average molecular weight is 305 g/mol. The van der Waals surface area contributed by atoms with Gasteiger partial charge < -0.3 is 10.6 Å². The van der Waals surface area contributed by atoms with Gasteiger partial charge in [-0.2, -0.15) is 0 Å². The molecule has 118 valence electrons. The average Bonchev–Trinajstić information content (AvgIpc) is 2.26. The molecule has 7 heteroatoms. The fourth-order valence-electron chi connectivity index (χ4n) is 2.15. The summed E-state index contributed by atoms with van der Waals surface area (Å²) in [6.07, 6.45) is 3.71. The fraction of sp³-hybridized carbons (Fsp3) is 0.923. The van der Waals surface area contributed by atoms with Crippen molar-refractivity contribution in [3.8, 4) is 0 Å². The second kappa shape index (κ2) is 6.76. The van der Waals surface area contributed by atoms with Crippen molar-refractivity contribution in [2.45, 2.75) is 46.1 Å². The van der Waals surface area contributed by atoms with E-state index in [9.17, 15) is 13.2 Å². The molecular formula is C13H27N3O3S. The molecule has 1 atom stereocenters. The lowest BCUT2D eigenvalue weighted by Gasteiger charge is -2.31. The van der Waals surface area contributed by atoms with E-state index in [1.165, 1.54) is 10.6 Å². The van der Waals surface area contributed by atoms with Crippen LogP contribution in [0.15, 0.2) is 0 Å². The van der Waals surface area contributed by atoms with E-state index in [2.05, 4.69) is 31.4 Å². The molecule has 1 aliphatic heterocycles. The van der Waals surface area contributed by atoms with Crippen molar-refractivity contribution in [2.75, 3.05) is 25.9 Å². The predicted octanol–water partition coefficient (Wildman–Crippen LogP) is 1.15. The molecule has 1 rings (SSSR count). The van der Waals surface area contributed by atoms with Crippen LogP contribution in [-0.4, -0.2) is 50.7 Å².